The summed E-state index contributed by atoms with van der Waals surface area (Å²) in [6, 6.07) is 13.3. The molecule has 0 fully saturated rings. The second-order valence-electron chi connectivity index (χ2n) is 3.49. The molecule has 0 aliphatic rings. The van der Waals surface area contributed by atoms with E-state index in [0.29, 0.717) is 6.61 Å². The lowest BCUT2D eigenvalue weighted by Gasteiger charge is -2.06. The third-order valence-electron chi connectivity index (χ3n) is 2.21. The molecule has 0 saturated carbocycles. The van der Waals surface area contributed by atoms with Gasteiger partial charge in [-0.2, -0.15) is 0 Å². The molecule has 0 bridgehead atoms. The van der Waals surface area contributed by atoms with Crippen LogP contribution in [0.25, 0.3) is 0 Å². The molecule has 16 heavy (non-hydrogen) atoms. The Bertz CT molecular complexity index is 443. The first-order chi connectivity index (χ1) is 7.84. The number of benzene rings is 1. The van der Waals surface area contributed by atoms with Gasteiger partial charge in [0.25, 0.3) is 0 Å². The third-order valence-corrected chi connectivity index (χ3v) is 2.21. The van der Waals surface area contributed by atoms with E-state index in [1.54, 1.807) is 6.20 Å². The van der Waals surface area contributed by atoms with Gasteiger partial charge in [-0.25, -0.2) is 0 Å². The minimum Gasteiger partial charge on any atom is -0.493 e. The normalized spacial score (nSPS) is 10.0. The van der Waals surface area contributed by atoms with E-state index in [-0.39, 0.29) is 0 Å². The van der Waals surface area contributed by atoms with Crippen molar-refractivity contribution in [3.8, 4) is 5.75 Å². The number of nitrogens with zero attached hydrogens (tertiary/aromatic N) is 1. The quantitative estimate of drug-likeness (QED) is 0.794. The Balaban J connectivity index is 1.85. The fourth-order valence-corrected chi connectivity index (χ4v) is 1.42. The molecule has 0 radical (unpaired) electrons. The molecule has 3 heteroatoms. The molecule has 3 nitrogen and oxygen atoms in total. The first kappa shape index (κ1) is 10.5. The molecule has 2 rings (SSSR count). The van der Waals surface area contributed by atoms with Crippen LogP contribution in [-0.2, 0) is 6.42 Å². The van der Waals surface area contributed by atoms with E-state index in [9.17, 15) is 0 Å². The molecule has 0 saturated heterocycles. The molecule has 2 N–H and O–H groups in total. The molecule has 1 aromatic heterocycles. The van der Waals surface area contributed by atoms with Crippen LogP contribution >= 0.6 is 0 Å². The zero-order valence-electron chi connectivity index (χ0n) is 8.97. The fraction of sp³-hybridized carbons (Fsp3) is 0.154. The van der Waals surface area contributed by atoms with Gasteiger partial charge in [-0.05, 0) is 24.3 Å². The Labute approximate surface area is 94.9 Å². The van der Waals surface area contributed by atoms with E-state index in [1.165, 1.54) is 0 Å². The molecule has 0 atom stereocenters. The number of hydrogen-bond donors (Lipinski definition) is 1. The Kier molecular flexibility index (Phi) is 3.38. The second-order valence-corrected chi connectivity index (χ2v) is 3.49. The first-order valence-corrected chi connectivity index (χ1v) is 5.23. The molecule has 0 spiro atoms. The number of nitrogen functional groups attached to an aromatic ring is 1. The van der Waals surface area contributed by atoms with E-state index in [0.717, 1.165) is 23.6 Å². The van der Waals surface area contributed by atoms with Gasteiger partial charge >= 0.3 is 0 Å². The molecule has 1 heterocycles. The summed E-state index contributed by atoms with van der Waals surface area (Å²) in [5, 5.41) is 0. The molecular formula is C13H14N2O. The van der Waals surface area contributed by atoms with Crippen LogP contribution in [0.1, 0.15) is 5.69 Å². The number of aromatic nitrogens is 1. The number of ether oxygens (including phenoxy) is 1. The van der Waals surface area contributed by atoms with Crippen LogP contribution < -0.4 is 10.5 Å². The summed E-state index contributed by atoms with van der Waals surface area (Å²) in [6.07, 6.45) is 2.59. The van der Waals surface area contributed by atoms with Crippen LogP contribution in [0, 0.1) is 0 Å². The minimum atomic E-state index is 0.612. The van der Waals surface area contributed by atoms with Gasteiger partial charge in [-0.15, -0.1) is 0 Å². The maximum atomic E-state index is 5.65. The zero-order valence-corrected chi connectivity index (χ0v) is 8.97. The van der Waals surface area contributed by atoms with Crippen LogP contribution in [0.3, 0.4) is 0 Å². The third kappa shape index (κ3) is 2.98. The molecule has 0 unspecified atom stereocenters. The van der Waals surface area contributed by atoms with E-state index in [2.05, 4.69) is 4.98 Å². The summed E-state index contributed by atoms with van der Waals surface area (Å²) < 4.78 is 5.57. The van der Waals surface area contributed by atoms with Crippen molar-refractivity contribution in [3.05, 3.63) is 54.4 Å². The van der Waals surface area contributed by atoms with Crippen molar-refractivity contribution >= 4 is 5.69 Å². The van der Waals surface area contributed by atoms with Crippen molar-refractivity contribution in [2.75, 3.05) is 12.3 Å². The van der Waals surface area contributed by atoms with Gasteiger partial charge in [0.15, 0.2) is 0 Å². The summed E-state index contributed by atoms with van der Waals surface area (Å²) in [5.74, 6) is 0.802. The highest BCUT2D eigenvalue weighted by Crippen LogP contribution is 2.14. The van der Waals surface area contributed by atoms with Crippen LogP contribution in [-0.4, -0.2) is 11.6 Å². The average molecular weight is 214 g/mol. The summed E-state index contributed by atoms with van der Waals surface area (Å²) in [6.45, 7) is 0.612. The van der Waals surface area contributed by atoms with Gasteiger partial charge in [-0.1, -0.05) is 12.1 Å². The lowest BCUT2D eigenvalue weighted by Crippen LogP contribution is -2.02. The average Bonchev–Trinajstić information content (AvgIpc) is 2.30. The van der Waals surface area contributed by atoms with Crippen molar-refractivity contribution in [1.82, 2.24) is 4.98 Å². The molecule has 0 aliphatic carbocycles. The highest BCUT2D eigenvalue weighted by molar-refractivity contribution is 5.43. The first-order valence-electron chi connectivity index (χ1n) is 5.23. The van der Waals surface area contributed by atoms with Crippen LogP contribution in [0.2, 0.25) is 0 Å². The summed E-state index contributed by atoms with van der Waals surface area (Å²) in [5.41, 5.74) is 7.40. The SMILES string of the molecule is Nc1cccc(OCCc2ccccn2)c1. The molecule has 0 aliphatic heterocycles. The number of anilines is 1. The highest BCUT2D eigenvalue weighted by atomic mass is 16.5. The van der Waals surface area contributed by atoms with Gasteiger partial charge in [0.05, 0.1) is 6.61 Å². The summed E-state index contributed by atoms with van der Waals surface area (Å²) >= 11 is 0. The van der Waals surface area contributed by atoms with Crippen molar-refractivity contribution in [2.24, 2.45) is 0 Å². The van der Waals surface area contributed by atoms with Gasteiger partial charge in [-0.3, -0.25) is 4.98 Å². The monoisotopic (exact) mass is 214 g/mol. The molecule has 82 valence electrons. The van der Waals surface area contributed by atoms with Crippen LogP contribution in [0.5, 0.6) is 5.75 Å². The topological polar surface area (TPSA) is 48.1 Å². The van der Waals surface area contributed by atoms with E-state index < -0.39 is 0 Å². The van der Waals surface area contributed by atoms with Crippen molar-refractivity contribution in [2.45, 2.75) is 6.42 Å². The van der Waals surface area contributed by atoms with E-state index in [1.807, 2.05) is 42.5 Å². The van der Waals surface area contributed by atoms with Crippen LogP contribution in [0.15, 0.2) is 48.7 Å². The Hall–Kier alpha value is -2.03. The summed E-state index contributed by atoms with van der Waals surface area (Å²) in [4.78, 5) is 4.22. The Morgan fingerprint density at radius 3 is 2.81 bits per heavy atom. The fourth-order valence-electron chi connectivity index (χ4n) is 1.42. The predicted octanol–water partition coefficient (Wildman–Crippen LogP) is 2.29. The maximum absolute atomic E-state index is 5.65. The predicted molar refractivity (Wildman–Crippen MR) is 64.3 cm³/mol. The standard InChI is InChI=1S/C13H14N2O/c14-11-4-3-6-13(10-11)16-9-7-12-5-1-2-8-15-12/h1-6,8,10H,7,9,14H2. The second kappa shape index (κ2) is 5.16. The zero-order chi connectivity index (χ0) is 11.2. The highest BCUT2D eigenvalue weighted by Gasteiger charge is 1.96. The Morgan fingerprint density at radius 1 is 1.12 bits per heavy atom. The lowest BCUT2D eigenvalue weighted by molar-refractivity contribution is 0.320. The molecule has 0 amide bonds. The number of pyridine rings is 1. The van der Waals surface area contributed by atoms with E-state index in [4.69, 9.17) is 10.5 Å². The largest absolute Gasteiger partial charge is 0.493 e. The van der Waals surface area contributed by atoms with E-state index >= 15 is 0 Å². The van der Waals surface area contributed by atoms with Gasteiger partial charge in [0.2, 0.25) is 0 Å². The van der Waals surface area contributed by atoms with Gasteiger partial charge in [0, 0.05) is 30.1 Å². The van der Waals surface area contributed by atoms with Gasteiger partial charge in [0.1, 0.15) is 5.75 Å². The van der Waals surface area contributed by atoms with Crippen LogP contribution in [0.4, 0.5) is 5.69 Å². The Morgan fingerprint density at radius 2 is 2.06 bits per heavy atom. The molecule has 1 aromatic carbocycles. The smallest absolute Gasteiger partial charge is 0.121 e. The molecular weight excluding hydrogens is 200 g/mol. The van der Waals surface area contributed by atoms with Crippen molar-refractivity contribution < 1.29 is 4.74 Å². The number of rotatable bonds is 4. The number of hydrogen-bond acceptors (Lipinski definition) is 3. The number of nitrogens with two attached hydrogens (primary N) is 1. The lowest BCUT2D eigenvalue weighted by atomic mass is 10.3. The summed E-state index contributed by atoms with van der Waals surface area (Å²) in [7, 11) is 0. The molecule has 2 aromatic rings. The minimum absolute atomic E-state index is 0.612. The van der Waals surface area contributed by atoms with Crippen molar-refractivity contribution in [1.29, 1.82) is 0 Å². The van der Waals surface area contributed by atoms with Crippen molar-refractivity contribution in [3.63, 3.8) is 0 Å². The maximum Gasteiger partial charge on any atom is 0.121 e. The van der Waals surface area contributed by atoms with Gasteiger partial charge < -0.3 is 10.5 Å².